The van der Waals surface area contributed by atoms with Crippen molar-refractivity contribution < 1.29 is 14.6 Å². The van der Waals surface area contributed by atoms with Crippen LogP contribution in [0, 0.1) is 0 Å². The zero-order valence-corrected chi connectivity index (χ0v) is 17.6. The number of benzene rings is 1. The van der Waals surface area contributed by atoms with Crippen LogP contribution < -0.4 is 15.0 Å². The Morgan fingerprint density at radius 1 is 1.23 bits per heavy atom. The van der Waals surface area contributed by atoms with Crippen LogP contribution in [0.25, 0.3) is 0 Å². The summed E-state index contributed by atoms with van der Waals surface area (Å²) in [4.78, 5) is 20.6. The number of carboxylic acids is 1. The summed E-state index contributed by atoms with van der Waals surface area (Å²) in [6.45, 7) is 0.805. The van der Waals surface area contributed by atoms with Gasteiger partial charge in [-0.05, 0) is 42.7 Å². The summed E-state index contributed by atoms with van der Waals surface area (Å²) >= 11 is 5.86. The number of hydrogen-bond acceptors (Lipinski definition) is 6. The van der Waals surface area contributed by atoms with Gasteiger partial charge in [0.25, 0.3) is 0 Å². The minimum atomic E-state index is -0.947. The Morgan fingerprint density at radius 3 is 2.73 bits per heavy atom. The highest BCUT2D eigenvalue weighted by Crippen LogP contribution is 2.31. The van der Waals surface area contributed by atoms with Crippen LogP contribution >= 0.6 is 11.6 Å². The molecule has 2 N–H and O–H groups in total. The molecular weight excluding hydrogens is 404 g/mol. The van der Waals surface area contributed by atoms with Crippen LogP contribution in [0.5, 0.6) is 5.75 Å². The summed E-state index contributed by atoms with van der Waals surface area (Å²) in [6, 6.07) is 11.5. The molecule has 0 saturated heterocycles. The van der Waals surface area contributed by atoms with E-state index in [1.807, 2.05) is 24.1 Å². The fourth-order valence-corrected chi connectivity index (χ4v) is 3.13. The number of aromatic nitrogens is 2. The number of aromatic carboxylic acids is 1. The Labute approximate surface area is 180 Å². The third-order valence-corrected chi connectivity index (χ3v) is 4.89. The molecule has 7 nitrogen and oxygen atoms in total. The first kappa shape index (κ1) is 21.4. The molecule has 30 heavy (non-hydrogen) atoms. The summed E-state index contributed by atoms with van der Waals surface area (Å²) in [5, 5.41) is 12.0. The van der Waals surface area contributed by atoms with Crippen molar-refractivity contribution in [3.05, 3.63) is 71.1 Å². The average Bonchev–Trinajstić information content (AvgIpc) is 2.79. The van der Waals surface area contributed by atoms with Gasteiger partial charge in [0.1, 0.15) is 11.6 Å². The molecule has 0 spiro atoms. The second-order valence-electron chi connectivity index (χ2n) is 6.61. The number of ether oxygens (including phenoxy) is 1. The molecule has 0 fully saturated rings. The van der Waals surface area contributed by atoms with Crippen molar-refractivity contribution >= 4 is 34.8 Å². The van der Waals surface area contributed by atoms with Gasteiger partial charge in [-0.2, -0.15) is 0 Å². The maximum atomic E-state index is 10.5. The van der Waals surface area contributed by atoms with Crippen molar-refractivity contribution in [1.29, 1.82) is 0 Å². The lowest BCUT2D eigenvalue weighted by Gasteiger charge is -2.22. The van der Waals surface area contributed by atoms with E-state index in [0.717, 1.165) is 36.7 Å². The van der Waals surface area contributed by atoms with Crippen molar-refractivity contribution in [2.24, 2.45) is 0 Å². The third-order valence-electron chi connectivity index (χ3n) is 4.66. The number of carboxylic acid groups (broad SMARTS) is 1. The number of aryl methyl sites for hydroxylation is 1. The Hall–Kier alpha value is -3.32. The highest BCUT2D eigenvalue weighted by atomic mass is 35.5. The molecule has 3 aromatic rings. The monoisotopic (exact) mass is 426 g/mol. The van der Waals surface area contributed by atoms with E-state index in [9.17, 15) is 4.79 Å². The molecule has 0 saturated carbocycles. The maximum absolute atomic E-state index is 10.5. The van der Waals surface area contributed by atoms with Crippen LogP contribution in [-0.4, -0.2) is 41.7 Å². The predicted molar refractivity (Wildman–Crippen MR) is 118 cm³/mol. The quantitative estimate of drug-likeness (QED) is 0.627. The SMILES string of the molecule is CN(c1ccc2c(c1)OCCC2)c1ccc(Cl)cn1.CNc1cnccc1C(=O)O. The summed E-state index contributed by atoms with van der Waals surface area (Å²) in [5.41, 5.74) is 3.12. The number of fused-ring (bicyclic) bond motifs is 1. The van der Waals surface area contributed by atoms with E-state index < -0.39 is 5.97 Å². The highest BCUT2D eigenvalue weighted by Gasteiger charge is 2.13. The molecule has 0 amide bonds. The Bertz CT molecular complexity index is 1010. The second kappa shape index (κ2) is 9.93. The lowest BCUT2D eigenvalue weighted by Crippen LogP contribution is -2.13. The topological polar surface area (TPSA) is 87.6 Å². The zero-order valence-electron chi connectivity index (χ0n) is 16.8. The average molecular weight is 427 g/mol. The van der Waals surface area contributed by atoms with Crippen molar-refractivity contribution in [3.8, 4) is 5.75 Å². The van der Waals surface area contributed by atoms with Gasteiger partial charge >= 0.3 is 5.97 Å². The van der Waals surface area contributed by atoms with Gasteiger partial charge in [0.05, 0.1) is 29.1 Å². The molecule has 1 aliphatic rings. The number of nitrogens with zero attached hydrogens (tertiary/aromatic N) is 3. The van der Waals surface area contributed by atoms with E-state index in [4.69, 9.17) is 21.4 Å². The molecule has 8 heteroatoms. The second-order valence-corrected chi connectivity index (χ2v) is 7.05. The molecule has 156 valence electrons. The first-order chi connectivity index (χ1) is 14.5. The van der Waals surface area contributed by atoms with Crippen LogP contribution in [0.15, 0.2) is 55.0 Å². The van der Waals surface area contributed by atoms with Gasteiger partial charge in [-0.3, -0.25) is 4.98 Å². The molecule has 0 radical (unpaired) electrons. The molecule has 3 heterocycles. The molecule has 2 aromatic heterocycles. The van der Waals surface area contributed by atoms with E-state index in [-0.39, 0.29) is 5.56 Å². The zero-order chi connectivity index (χ0) is 21.5. The van der Waals surface area contributed by atoms with Gasteiger partial charge in [-0.15, -0.1) is 0 Å². The predicted octanol–water partition coefficient (Wildman–Crippen LogP) is 4.65. The summed E-state index contributed by atoms with van der Waals surface area (Å²) < 4.78 is 5.70. The minimum absolute atomic E-state index is 0.238. The molecule has 1 aliphatic heterocycles. The number of hydrogen-bond donors (Lipinski definition) is 2. The van der Waals surface area contributed by atoms with Gasteiger partial charge in [-0.1, -0.05) is 17.7 Å². The van der Waals surface area contributed by atoms with Crippen molar-refractivity contribution in [1.82, 2.24) is 9.97 Å². The Balaban J connectivity index is 0.000000199. The van der Waals surface area contributed by atoms with Crippen LogP contribution in [0.2, 0.25) is 5.02 Å². The van der Waals surface area contributed by atoms with Crippen LogP contribution in [0.4, 0.5) is 17.2 Å². The Morgan fingerprint density at radius 2 is 2.07 bits per heavy atom. The number of carbonyl (C=O) groups is 1. The Kier molecular flexibility index (Phi) is 7.08. The molecule has 0 bridgehead atoms. The van der Waals surface area contributed by atoms with E-state index in [1.54, 1.807) is 13.2 Å². The minimum Gasteiger partial charge on any atom is -0.493 e. The van der Waals surface area contributed by atoms with E-state index >= 15 is 0 Å². The number of rotatable bonds is 4. The van der Waals surface area contributed by atoms with Crippen molar-refractivity contribution in [2.75, 3.05) is 30.9 Å². The summed E-state index contributed by atoms with van der Waals surface area (Å²) in [7, 11) is 3.64. The van der Waals surface area contributed by atoms with E-state index in [2.05, 4.69) is 33.5 Å². The largest absolute Gasteiger partial charge is 0.493 e. The van der Waals surface area contributed by atoms with E-state index in [1.165, 1.54) is 24.0 Å². The summed E-state index contributed by atoms with van der Waals surface area (Å²) in [5.74, 6) is 0.904. The van der Waals surface area contributed by atoms with Crippen LogP contribution in [0.3, 0.4) is 0 Å². The first-order valence-electron chi connectivity index (χ1n) is 9.45. The molecular formula is C22H23ClN4O3. The molecule has 0 atom stereocenters. The van der Waals surface area contributed by atoms with Crippen LogP contribution in [-0.2, 0) is 6.42 Å². The number of halogens is 1. The maximum Gasteiger partial charge on any atom is 0.337 e. The fourth-order valence-electron chi connectivity index (χ4n) is 3.02. The first-order valence-corrected chi connectivity index (χ1v) is 9.83. The number of pyridine rings is 2. The van der Waals surface area contributed by atoms with Crippen molar-refractivity contribution in [3.63, 3.8) is 0 Å². The molecule has 0 unspecified atom stereocenters. The summed E-state index contributed by atoms with van der Waals surface area (Å²) in [6.07, 6.45) is 6.77. The van der Waals surface area contributed by atoms with Gasteiger partial charge in [-0.25, -0.2) is 9.78 Å². The van der Waals surface area contributed by atoms with Gasteiger partial charge in [0, 0.05) is 38.2 Å². The van der Waals surface area contributed by atoms with Crippen LogP contribution in [0.1, 0.15) is 22.3 Å². The lowest BCUT2D eigenvalue weighted by molar-refractivity contribution is 0.0698. The van der Waals surface area contributed by atoms with Gasteiger partial charge in [0.2, 0.25) is 0 Å². The third kappa shape index (κ3) is 5.18. The molecule has 1 aromatic carbocycles. The molecule has 4 rings (SSSR count). The van der Waals surface area contributed by atoms with Gasteiger partial charge < -0.3 is 20.1 Å². The van der Waals surface area contributed by atoms with Gasteiger partial charge in [0.15, 0.2) is 0 Å². The smallest absolute Gasteiger partial charge is 0.337 e. The highest BCUT2D eigenvalue weighted by molar-refractivity contribution is 6.30. The molecule has 0 aliphatic carbocycles. The standard InChI is InChI=1S/C15H15ClN2O.C7H8N2O2/c1-18(15-7-5-12(16)10-17-15)13-6-4-11-3-2-8-19-14(11)9-13;1-8-6-4-9-3-2-5(6)7(10)11/h4-7,9-10H,2-3,8H2,1H3;2-4,8H,1H3,(H,10,11). The normalized spacial score (nSPS) is 12.0. The lowest BCUT2D eigenvalue weighted by atomic mass is 10.1. The number of anilines is 3. The van der Waals surface area contributed by atoms with Crippen molar-refractivity contribution in [2.45, 2.75) is 12.8 Å². The number of nitrogens with one attached hydrogen (secondary N) is 1. The fraction of sp³-hybridized carbons (Fsp3) is 0.227. The van der Waals surface area contributed by atoms with E-state index in [0.29, 0.717) is 10.7 Å².